The molecular formula is C30H25N2O2P. The summed E-state index contributed by atoms with van der Waals surface area (Å²) in [5.74, 6) is 1.33. The minimum atomic E-state index is -0.547. The lowest BCUT2D eigenvalue weighted by atomic mass is 10.2. The summed E-state index contributed by atoms with van der Waals surface area (Å²) in [6.07, 6.45) is 7.60. The number of benzene rings is 3. The summed E-state index contributed by atoms with van der Waals surface area (Å²) < 4.78 is 14.2. The molecule has 35 heavy (non-hydrogen) atoms. The Balaban J connectivity index is 1.41. The molecule has 0 bridgehead atoms. The van der Waals surface area contributed by atoms with E-state index in [4.69, 9.17) is 8.83 Å². The second kappa shape index (κ2) is 9.69. The fourth-order valence-corrected chi connectivity index (χ4v) is 6.69. The Morgan fingerprint density at radius 2 is 1.40 bits per heavy atom. The second-order valence-electron chi connectivity index (χ2n) is 8.42. The van der Waals surface area contributed by atoms with Gasteiger partial charge in [-0.3, -0.25) is 0 Å². The molecule has 0 aliphatic heterocycles. The minimum absolute atomic E-state index is 0.539. The van der Waals surface area contributed by atoms with Crippen LogP contribution in [0.4, 0.5) is 11.6 Å². The number of fused-ring (bicyclic) bond motifs is 1. The van der Waals surface area contributed by atoms with Crippen molar-refractivity contribution in [2.24, 2.45) is 0 Å². The molecule has 1 unspecified atom stereocenters. The van der Waals surface area contributed by atoms with Gasteiger partial charge in [0.15, 0.2) is 0 Å². The summed E-state index contributed by atoms with van der Waals surface area (Å²) >= 11 is 0. The van der Waals surface area contributed by atoms with Gasteiger partial charge in [-0.2, -0.15) is 0 Å². The number of para-hydroxylation sites is 1. The van der Waals surface area contributed by atoms with Crippen LogP contribution in [-0.4, -0.2) is 10.9 Å². The van der Waals surface area contributed by atoms with Crippen LogP contribution in [0.1, 0.15) is 5.56 Å². The van der Waals surface area contributed by atoms with E-state index in [2.05, 4.69) is 95.9 Å². The SMILES string of the molecule is c1ccc(CP(CN(c2ccccc2)c2cc3c(-n4cccc4)coc3o2)c2ccccc2)cc1. The molecular weight excluding hydrogens is 451 g/mol. The van der Waals surface area contributed by atoms with Crippen LogP contribution in [0, 0.1) is 0 Å². The van der Waals surface area contributed by atoms with Gasteiger partial charge < -0.3 is 18.3 Å². The number of anilines is 2. The first-order chi connectivity index (χ1) is 17.3. The summed E-state index contributed by atoms with van der Waals surface area (Å²) in [5.41, 5.74) is 3.42. The molecule has 3 heterocycles. The highest BCUT2D eigenvalue weighted by atomic mass is 31.1. The van der Waals surface area contributed by atoms with Gasteiger partial charge in [0.05, 0.1) is 17.4 Å². The molecule has 6 rings (SSSR count). The third-order valence-electron chi connectivity index (χ3n) is 6.10. The summed E-state index contributed by atoms with van der Waals surface area (Å²) in [6, 6.07) is 38.2. The number of rotatable bonds is 8. The lowest BCUT2D eigenvalue weighted by molar-refractivity contribution is 0.480. The number of furan rings is 2. The molecule has 0 N–H and O–H groups in total. The maximum absolute atomic E-state index is 6.31. The van der Waals surface area contributed by atoms with Gasteiger partial charge in [0, 0.05) is 24.1 Å². The highest BCUT2D eigenvalue weighted by Crippen LogP contribution is 2.44. The first-order valence-corrected chi connectivity index (χ1v) is 13.4. The molecule has 0 saturated heterocycles. The fourth-order valence-electron chi connectivity index (χ4n) is 4.35. The lowest BCUT2D eigenvalue weighted by Crippen LogP contribution is -2.21. The van der Waals surface area contributed by atoms with E-state index in [0.717, 1.165) is 35.1 Å². The zero-order chi connectivity index (χ0) is 23.5. The van der Waals surface area contributed by atoms with E-state index in [9.17, 15) is 0 Å². The number of hydrogen-bond donors (Lipinski definition) is 0. The Morgan fingerprint density at radius 1 is 0.743 bits per heavy atom. The molecule has 0 fully saturated rings. The fraction of sp³-hybridized carbons (Fsp3) is 0.0667. The molecule has 172 valence electrons. The van der Waals surface area contributed by atoms with Crippen molar-refractivity contribution < 1.29 is 8.83 Å². The van der Waals surface area contributed by atoms with Crippen LogP contribution in [0.2, 0.25) is 0 Å². The van der Waals surface area contributed by atoms with Crippen molar-refractivity contribution in [3.05, 3.63) is 133 Å². The van der Waals surface area contributed by atoms with Crippen LogP contribution in [0.3, 0.4) is 0 Å². The molecule has 3 aromatic heterocycles. The molecule has 4 nitrogen and oxygen atoms in total. The second-order valence-corrected chi connectivity index (χ2v) is 10.6. The molecule has 1 atom stereocenters. The summed E-state index contributed by atoms with van der Waals surface area (Å²) in [7, 11) is -0.547. The molecule has 0 spiro atoms. The topological polar surface area (TPSA) is 34.5 Å². The predicted octanol–water partition coefficient (Wildman–Crippen LogP) is 7.92. The Hall–Kier alpha value is -4.01. The van der Waals surface area contributed by atoms with Crippen LogP contribution in [0.5, 0.6) is 0 Å². The molecule has 6 aromatic rings. The quantitative estimate of drug-likeness (QED) is 0.209. The van der Waals surface area contributed by atoms with Gasteiger partial charge in [0.25, 0.3) is 0 Å². The molecule has 5 heteroatoms. The van der Waals surface area contributed by atoms with Crippen molar-refractivity contribution >= 4 is 36.0 Å². The Bertz CT molecular complexity index is 1490. The number of hydrogen-bond acceptors (Lipinski definition) is 3. The van der Waals surface area contributed by atoms with E-state index in [-0.39, 0.29) is 0 Å². The van der Waals surface area contributed by atoms with Crippen molar-refractivity contribution in [3.8, 4) is 5.69 Å². The highest BCUT2D eigenvalue weighted by molar-refractivity contribution is 7.65. The van der Waals surface area contributed by atoms with Crippen molar-refractivity contribution in [1.82, 2.24) is 4.57 Å². The predicted molar refractivity (Wildman–Crippen MR) is 144 cm³/mol. The summed E-state index contributed by atoms with van der Waals surface area (Å²) in [5, 5.41) is 2.33. The third kappa shape index (κ3) is 4.53. The summed E-state index contributed by atoms with van der Waals surface area (Å²) in [4.78, 5) is 2.29. The van der Waals surface area contributed by atoms with E-state index in [1.165, 1.54) is 10.9 Å². The molecule has 0 amide bonds. The molecule has 0 aliphatic rings. The smallest absolute Gasteiger partial charge is 0.301 e. The minimum Gasteiger partial charge on any atom is -0.431 e. The lowest BCUT2D eigenvalue weighted by Gasteiger charge is -2.28. The van der Waals surface area contributed by atoms with Gasteiger partial charge in [-0.15, -0.1) is 0 Å². The number of aromatic nitrogens is 1. The average molecular weight is 477 g/mol. The van der Waals surface area contributed by atoms with Crippen molar-refractivity contribution in [3.63, 3.8) is 0 Å². The zero-order valence-electron chi connectivity index (χ0n) is 19.2. The van der Waals surface area contributed by atoms with E-state index < -0.39 is 7.92 Å². The highest BCUT2D eigenvalue weighted by Gasteiger charge is 2.23. The van der Waals surface area contributed by atoms with Crippen LogP contribution in [-0.2, 0) is 6.16 Å². The van der Waals surface area contributed by atoms with Crippen LogP contribution >= 0.6 is 7.92 Å². The third-order valence-corrected chi connectivity index (χ3v) is 8.50. The van der Waals surface area contributed by atoms with Gasteiger partial charge in [0.2, 0.25) is 5.88 Å². The first kappa shape index (κ1) is 21.5. The molecule has 0 aliphatic carbocycles. The molecule has 3 aromatic carbocycles. The Morgan fingerprint density at radius 3 is 2.11 bits per heavy atom. The van der Waals surface area contributed by atoms with E-state index >= 15 is 0 Å². The first-order valence-electron chi connectivity index (χ1n) is 11.7. The van der Waals surface area contributed by atoms with Crippen molar-refractivity contribution in [1.29, 1.82) is 0 Å². The van der Waals surface area contributed by atoms with E-state index in [0.29, 0.717) is 5.78 Å². The zero-order valence-corrected chi connectivity index (χ0v) is 20.1. The molecule has 0 saturated carbocycles. The monoisotopic (exact) mass is 476 g/mol. The van der Waals surface area contributed by atoms with Crippen LogP contribution in [0.25, 0.3) is 16.9 Å². The van der Waals surface area contributed by atoms with Gasteiger partial charge in [-0.1, -0.05) is 86.8 Å². The summed E-state index contributed by atoms with van der Waals surface area (Å²) in [6.45, 7) is 0. The van der Waals surface area contributed by atoms with Crippen LogP contribution < -0.4 is 10.2 Å². The Labute approximate surface area is 205 Å². The van der Waals surface area contributed by atoms with Gasteiger partial charge in [-0.05, 0) is 41.3 Å². The van der Waals surface area contributed by atoms with Crippen molar-refractivity contribution in [2.75, 3.05) is 11.2 Å². The van der Waals surface area contributed by atoms with Gasteiger partial charge in [0.1, 0.15) is 6.26 Å². The average Bonchev–Trinajstić information content (AvgIpc) is 3.66. The Kier molecular flexibility index (Phi) is 5.96. The van der Waals surface area contributed by atoms with Crippen LogP contribution in [0.15, 0.2) is 137 Å². The maximum Gasteiger partial charge on any atom is 0.301 e. The van der Waals surface area contributed by atoms with E-state index in [1.54, 1.807) is 6.26 Å². The maximum atomic E-state index is 6.31. The largest absolute Gasteiger partial charge is 0.431 e. The normalized spacial score (nSPS) is 12.1. The van der Waals surface area contributed by atoms with E-state index in [1.807, 2.05) is 35.2 Å². The standard InChI is InChI=1S/C30H25N2O2P/c1-4-12-24(13-5-1)22-35(26-16-8-3-9-17-26)23-32(25-14-6-2-7-15-25)29-20-27-28(21-33-30(27)34-29)31-18-10-11-19-31/h1-21H,22-23H2. The van der Waals surface area contributed by atoms with Gasteiger partial charge in [-0.25, -0.2) is 0 Å². The number of nitrogens with zero attached hydrogens (tertiary/aromatic N) is 2. The van der Waals surface area contributed by atoms with Gasteiger partial charge >= 0.3 is 5.78 Å². The molecule has 0 radical (unpaired) electrons. The van der Waals surface area contributed by atoms with Crippen molar-refractivity contribution in [2.45, 2.75) is 6.16 Å².